The van der Waals surface area contributed by atoms with Gasteiger partial charge in [-0.1, -0.05) is 18.5 Å². The number of hydrogen-bond acceptors (Lipinski definition) is 3. The standard InChI is InChI=1S/C13H19ClN2O2S/c1-9-3-2-6-16-11(9)12(14)15-13(16)10-4-7-19(17,18)8-5-10/h9-10H,2-8H2,1H3. The lowest BCUT2D eigenvalue weighted by molar-refractivity contribution is 0.440. The van der Waals surface area contributed by atoms with Crippen LogP contribution in [0.15, 0.2) is 0 Å². The van der Waals surface area contributed by atoms with Crippen LogP contribution in [0.1, 0.15) is 56.0 Å². The second-order valence-corrected chi connectivity index (χ2v) is 8.43. The molecule has 3 heterocycles. The van der Waals surface area contributed by atoms with Crippen LogP contribution in [0.2, 0.25) is 5.15 Å². The van der Waals surface area contributed by atoms with Crippen LogP contribution in [0.4, 0.5) is 0 Å². The number of sulfone groups is 1. The lowest BCUT2D eigenvalue weighted by atomic mass is 9.97. The topological polar surface area (TPSA) is 52.0 Å². The second kappa shape index (κ2) is 4.77. The van der Waals surface area contributed by atoms with Crippen LogP contribution in [-0.2, 0) is 16.4 Å². The predicted octanol–water partition coefficient (Wildman–Crippen LogP) is 2.73. The number of nitrogens with zero attached hydrogens (tertiary/aromatic N) is 2. The number of hydrogen-bond donors (Lipinski definition) is 0. The SMILES string of the molecule is CC1CCCn2c(C3CCS(=O)(=O)CC3)nc(Cl)c21. The molecule has 19 heavy (non-hydrogen) atoms. The molecule has 1 aromatic heterocycles. The summed E-state index contributed by atoms with van der Waals surface area (Å²) in [7, 11) is -2.82. The van der Waals surface area contributed by atoms with Gasteiger partial charge in [0.25, 0.3) is 0 Å². The van der Waals surface area contributed by atoms with Gasteiger partial charge in [-0.05, 0) is 31.6 Å². The first-order valence-electron chi connectivity index (χ1n) is 6.94. The molecule has 1 unspecified atom stereocenters. The van der Waals surface area contributed by atoms with E-state index in [1.807, 2.05) is 0 Å². The molecule has 2 aliphatic heterocycles. The second-order valence-electron chi connectivity index (χ2n) is 5.77. The Morgan fingerprint density at radius 2 is 1.95 bits per heavy atom. The Balaban J connectivity index is 1.92. The smallest absolute Gasteiger partial charge is 0.150 e. The normalized spacial score (nSPS) is 27.2. The van der Waals surface area contributed by atoms with E-state index in [-0.39, 0.29) is 17.4 Å². The molecule has 0 spiro atoms. The number of halogens is 1. The maximum atomic E-state index is 11.5. The van der Waals surface area contributed by atoms with Crippen molar-refractivity contribution in [2.45, 2.75) is 51.0 Å². The molecule has 1 atom stereocenters. The minimum Gasteiger partial charge on any atom is -0.330 e. The molecule has 0 amide bonds. The van der Waals surface area contributed by atoms with Gasteiger partial charge < -0.3 is 4.57 Å². The van der Waals surface area contributed by atoms with Crippen molar-refractivity contribution in [3.05, 3.63) is 16.7 Å². The van der Waals surface area contributed by atoms with E-state index < -0.39 is 9.84 Å². The summed E-state index contributed by atoms with van der Waals surface area (Å²) in [5, 5.41) is 0.621. The highest BCUT2D eigenvalue weighted by atomic mass is 35.5. The fourth-order valence-electron chi connectivity index (χ4n) is 3.31. The molecule has 4 nitrogen and oxygen atoms in total. The molecule has 1 fully saturated rings. The summed E-state index contributed by atoms with van der Waals surface area (Å²) in [4.78, 5) is 4.55. The molecule has 3 rings (SSSR count). The first kappa shape index (κ1) is 13.4. The molecule has 6 heteroatoms. The summed E-state index contributed by atoms with van der Waals surface area (Å²) in [6.07, 6.45) is 3.68. The van der Waals surface area contributed by atoms with E-state index in [9.17, 15) is 8.42 Å². The lowest BCUT2D eigenvalue weighted by Crippen LogP contribution is -2.25. The van der Waals surface area contributed by atoms with Gasteiger partial charge in [-0.15, -0.1) is 0 Å². The molecule has 0 saturated carbocycles. The Morgan fingerprint density at radius 1 is 1.26 bits per heavy atom. The molecular formula is C13H19ClN2O2S. The molecule has 0 radical (unpaired) electrons. The van der Waals surface area contributed by atoms with Gasteiger partial charge in [-0.2, -0.15) is 0 Å². The Morgan fingerprint density at radius 3 is 2.63 bits per heavy atom. The van der Waals surface area contributed by atoms with Crippen molar-refractivity contribution < 1.29 is 8.42 Å². The van der Waals surface area contributed by atoms with Crippen LogP contribution in [0.5, 0.6) is 0 Å². The van der Waals surface area contributed by atoms with Crippen LogP contribution < -0.4 is 0 Å². The predicted molar refractivity (Wildman–Crippen MR) is 75.5 cm³/mol. The van der Waals surface area contributed by atoms with E-state index in [4.69, 9.17) is 11.6 Å². The highest BCUT2D eigenvalue weighted by Gasteiger charge is 2.31. The maximum Gasteiger partial charge on any atom is 0.150 e. The van der Waals surface area contributed by atoms with E-state index in [1.54, 1.807) is 0 Å². The average Bonchev–Trinajstić information content (AvgIpc) is 2.68. The van der Waals surface area contributed by atoms with Crippen molar-refractivity contribution in [2.75, 3.05) is 11.5 Å². The summed E-state index contributed by atoms with van der Waals surface area (Å²) >= 11 is 6.28. The van der Waals surface area contributed by atoms with Crippen molar-refractivity contribution in [3.63, 3.8) is 0 Å². The highest BCUT2D eigenvalue weighted by molar-refractivity contribution is 7.91. The number of rotatable bonds is 1. The van der Waals surface area contributed by atoms with E-state index in [2.05, 4.69) is 16.5 Å². The number of imidazole rings is 1. The lowest BCUT2D eigenvalue weighted by Gasteiger charge is -2.26. The van der Waals surface area contributed by atoms with E-state index in [0.717, 1.165) is 30.9 Å². The van der Waals surface area contributed by atoms with Crippen molar-refractivity contribution >= 4 is 21.4 Å². The molecule has 0 N–H and O–H groups in total. The van der Waals surface area contributed by atoms with Crippen LogP contribution in [0.3, 0.4) is 0 Å². The van der Waals surface area contributed by atoms with Crippen LogP contribution in [-0.4, -0.2) is 29.5 Å². The quantitative estimate of drug-likeness (QED) is 0.801. The van der Waals surface area contributed by atoms with Crippen LogP contribution in [0, 0.1) is 0 Å². The third-order valence-electron chi connectivity index (χ3n) is 4.40. The third-order valence-corrected chi connectivity index (χ3v) is 6.39. The fraction of sp³-hybridized carbons (Fsp3) is 0.769. The van der Waals surface area contributed by atoms with Gasteiger partial charge in [0.15, 0.2) is 5.15 Å². The van der Waals surface area contributed by atoms with Crippen molar-refractivity contribution in [2.24, 2.45) is 0 Å². The van der Waals surface area contributed by atoms with Crippen molar-refractivity contribution in [3.8, 4) is 0 Å². The van der Waals surface area contributed by atoms with E-state index in [0.29, 0.717) is 23.9 Å². The zero-order valence-corrected chi connectivity index (χ0v) is 12.7. The summed E-state index contributed by atoms with van der Waals surface area (Å²) in [5.74, 6) is 2.29. The minimum absolute atomic E-state index is 0.250. The van der Waals surface area contributed by atoms with Gasteiger partial charge in [0.2, 0.25) is 0 Å². The Bertz CT molecular complexity index is 580. The van der Waals surface area contributed by atoms with Crippen LogP contribution in [0.25, 0.3) is 0 Å². The summed E-state index contributed by atoms with van der Waals surface area (Å²) in [6, 6.07) is 0. The molecule has 0 aliphatic carbocycles. The third kappa shape index (κ3) is 2.42. The van der Waals surface area contributed by atoms with Gasteiger partial charge in [0.1, 0.15) is 15.7 Å². The average molecular weight is 303 g/mol. The van der Waals surface area contributed by atoms with E-state index in [1.165, 1.54) is 0 Å². The van der Waals surface area contributed by atoms with Gasteiger partial charge >= 0.3 is 0 Å². The van der Waals surface area contributed by atoms with Gasteiger partial charge in [-0.3, -0.25) is 0 Å². The summed E-state index contributed by atoms with van der Waals surface area (Å²) in [6.45, 7) is 3.16. The Hall–Kier alpha value is -0.550. The Labute approximate surface area is 119 Å². The van der Waals surface area contributed by atoms with Crippen molar-refractivity contribution in [1.29, 1.82) is 0 Å². The monoisotopic (exact) mass is 302 g/mol. The zero-order chi connectivity index (χ0) is 13.6. The number of aromatic nitrogens is 2. The molecule has 1 aromatic rings. The first-order valence-corrected chi connectivity index (χ1v) is 9.14. The van der Waals surface area contributed by atoms with Gasteiger partial charge in [0, 0.05) is 12.5 Å². The molecule has 2 aliphatic rings. The summed E-state index contributed by atoms with van der Waals surface area (Å²) in [5.41, 5.74) is 1.15. The largest absolute Gasteiger partial charge is 0.330 e. The zero-order valence-electron chi connectivity index (χ0n) is 11.1. The van der Waals surface area contributed by atoms with Gasteiger partial charge in [0.05, 0.1) is 17.2 Å². The van der Waals surface area contributed by atoms with Crippen LogP contribution >= 0.6 is 11.6 Å². The Kier molecular flexibility index (Phi) is 3.38. The molecule has 0 bridgehead atoms. The highest BCUT2D eigenvalue weighted by Crippen LogP contribution is 2.37. The number of fused-ring (bicyclic) bond motifs is 1. The fourth-order valence-corrected chi connectivity index (χ4v) is 5.18. The molecule has 1 saturated heterocycles. The molecule has 106 valence electrons. The van der Waals surface area contributed by atoms with Crippen molar-refractivity contribution in [1.82, 2.24) is 9.55 Å². The summed E-state index contributed by atoms with van der Waals surface area (Å²) < 4.78 is 25.3. The molecule has 0 aromatic carbocycles. The first-order chi connectivity index (χ1) is 8.98. The van der Waals surface area contributed by atoms with Gasteiger partial charge in [-0.25, -0.2) is 13.4 Å². The molecular weight excluding hydrogens is 284 g/mol. The minimum atomic E-state index is -2.82. The van der Waals surface area contributed by atoms with E-state index >= 15 is 0 Å². The maximum absolute atomic E-state index is 11.5.